The van der Waals surface area contributed by atoms with E-state index in [9.17, 15) is 9.90 Å². The molecule has 13 heteroatoms. The average Bonchev–Trinajstić information content (AvgIpc) is 3.90. The molecule has 0 radical (unpaired) electrons. The Hall–Kier alpha value is -4.67. The Morgan fingerprint density at radius 1 is 0.768 bits per heavy atom. The zero-order valence-corrected chi connectivity index (χ0v) is 33.8. The van der Waals surface area contributed by atoms with Gasteiger partial charge >= 0.3 is 12.1 Å². The Balaban J connectivity index is 0.00000194. The normalized spacial score (nSPS) is 16.5. The second-order valence-corrected chi connectivity index (χ2v) is 15.1. The van der Waals surface area contributed by atoms with Crippen LogP contribution in [0.25, 0.3) is 11.1 Å². The van der Waals surface area contributed by atoms with Crippen molar-refractivity contribution in [3.05, 3.63) is 92.0 Å². The number of carbonyl (C=O) groups is 1. The lowest BCUT2D eigenvalue weighted by Gasteiger charge is -2.18. The number of ether oxygens (including phenoxy) is 4. The molecule has 2 fully saturated rings. The van der Waals surface area contributed by atoms with Crippen molar-refractivity contribution in [2.75, 3.05) is 14.2 Å². The number of carboxylic acids is 1. The van der Waals surface area contributed by atoms with E-state index in [-0.39, 0.29) is 24.6 Å². The zero-order chi connectivity index (χ0) is 40.2. The number of carbonyl (C=O) groups excluding carboxylic acids is 2. The molecule has 11 nitrogen and oxygen atoms in total. The molecule has 4 aromatic rings. The number of rotatable bonds is 16. The van der Waals surface area contributed by atoms with Crippen LogP contribution >= 0.6 is 23.2 Å². The summed E-state index contributed by atoms with van der Waals surface area (Å²) in [5, 5.41) is 14.0. The standard InChI is InChI=1S/C42H49Cl2N3O6.CO2/c1-25-29(23-52-40-36(43)20-28(38(46-40)50-3)19-18-27-10-7-17-35(27)42(48)49)11-8-15-33(25)34-16-9-12-30(26(34)2)24-53-41-37(44)21-31(39(47-41)51-4)22-45-32-13-5-6-14-32;2-1-3/h8-9,11-12,15-16,20-21,27,32,35,45H,5-7,10,13-14,17-19,22-24H2,1-4H3,(H,48,49);/t27-,35-;/m0./s1. The summed E-state index contributed by atoms with van der Waals surface area (Å²) >= 11 is 13.3. The summed E-state index contributed by atoms with van der Waals surface area (Å²) in [6.45, 7) is 5.38. The van der Waals surface area contributed by atoms with Crippen LogP contribution in [0.4, 0.5) is 0 Å². The molecule has 2 atom stereocenters. The smallest absolute Gasteiger partial charge is 0.373 e. The second kappa shape index (κ2) is 20.5. The molecule has 0 spiro atoms. The summed E-state index contributed by atoms with van der Waals surface area (Å²) in [5.41, 5.74) is 8.11. The van der Waals surface area contributed by atoms with E-state index in [0.717, 1.165) is 70.2 Å². The van der Waals surface area contributed by atoms with E-state index in [4.69, 9.17) is 51.7 Å². The Labute approximate surface area is 338 Å². The molecule has 2 aromatic carbocycles. The van der Waals surface area contributed by atoms with Crippen LogP contribution in [0.1, 0.15) is 84.7 Å². The van der Waals surface area contributed by atoms with Crippen molar-refractivity contribution in [3.8, 4) is 34.6 Å². The largest absolute Gasteiger partial charge is 0.481 e. The van der Waals surface area contributed by atoms with Gasteiger partial charge < -0.3 is 29.4 Å². The van der Waals surface area contributed by atoms with Crippen molar-refractivity contribution < 1.29 is 38.4 Å². The first kappa shape index (κ1) is 42.5. The highest BCUT2D eigenvalue weighted by atomic mass is 35.5. The van der Waals surface area contributed by atoms with Crippen LogP contribution in [-0.4, -0.2) is 47.5 Å². The molecule has 298 valence electrons. The van der Waals surface area contributed by atoms with Crippen LogP contribution in [0.2, 0.25) is 10.0 Å². The Kier molecular flexibility index (Phi) is 15.5. The molecule has 6 rings (SSSR count). The molecule has 2 aliphatic rings. The van der Waals surface area contributed by atoms with E-state index in [1.807, 2.05) is 30.3 Å². The van der Waals surface area contributed by atoms with E-state index in [2.05, 4.69) is 47.3 Å². The SMILES string of the molecule is COc1nc(OCc2cccc(-c3cccc(COc4nc(OC)c(CNC5CCCC5)cc4Cl)c3C)c2C)c(Cl)cc1CC[C@@H]1CCC[C@@H]1C(=O)O.O=C=O. The maximum Gasteiger partial charge on any atom is 0.373 e. The van der Waals surface area contributed by atoms with Gasteiger partial charge in [0.05, 0.1) is 20.1 Å². The highest BCUT2D eigenvalue weighted by Gasteiger charge is 2.32. The van der Waals surface area contributed by atoms with Gasteiger partial charge in [-0.15, -0.1) is 0 Å². The first-order valence-electron chi connectivity index (χ1n) is 18.9. The molecule has 0 saturated heterocycles. The first-order chi connectivity index (χ1) is 27.1. The number of methoxy groups -OCH3 is 2. The van der Waals surface area contributed by atoms with Crippen LogP contribution in [-0.2, 0) is 40.6 Å². The van der Waals surface area contributed by atoms with Crippen molar-refractivity contribution in [2.45, 2.75) is 97.4 Å². The highest BCUT2D eigenvalue weighted by Crippen LogP contribution is 2.38. The fraction of sp³-hybridized carbons (Fsp3) is 0.442. The third kappa shape index (κ3) is 10.6. The molecule has 0 aliphatic heterocycles. The van der Waals surface area contributed by atoms with Crippen LogP contribution in [0.15, 0.2) is 48.5 Å². The van der Waals surface area contributed by atoms with Gasteiger partial charge in [0.25, 0.3) is 0 Å². The molecule has 0 unspecified atom stereocenters. The number of pyridine rings is 2. The number of aryl methyl sites for hydroxylation is 1. The van der Waals surface area contributed by atoms with Gasteiger partial charge in [-0.25, -0.2) is 0 Å². The number of aliphatic carboxylic acids is 1. The minimum Gasteiger partial charge on any atom is -0.481 e. The van der Waals surface area contributed by atoms with E-state index in [0.29, 0.717) is 59.2 Å². The van der Waals surface area contributed by atoms with Crippen molar-refractivity contribution >= 4 is 35.3 Å². The van der Waals surface area contributed by atoms with Gasteiger partial charge in [-0.1, -0.05) is 78.9 Å². The molecular weight excluding hydrogens is 757 g/mol. The summed E-state index contributed by atoms with van der Waals surface area (Å²) < 4.78 is 23.6. The Morgan fingerprint density at radius 2 is 1.29 bits per heavy atom. The monoisotopic (exact) mass is 805 g/mol. The van der Waals surface area contributed by atoms with Gasteiger partial charge in [-0.2, -0.15) is 19.6 Å². The molecule has 0 bridgehead atoms. The zero-order valence-electron chi connectivity index (χ0n) is 32.3. The first-order valence-corrected chi connectivity index (χ1v) is 19.7. The molecule has 2 saturated carbocycles. The quantitative estimate of drug-likeness (QED) is 0.112. The van der Waals surface area contributed by atoms with Crippen LogP contribution < -0.4 is 24.3 Å². The van der Waals surface area contributed by atoms with Gasteiger partial charge in [0.15, 0.2) is 0 Å². The van der Waals surface area contributed by atoms with Crippen LogP contribution in [0, 0.1) is 25.7 Å². The number of hydrogen-bond donors (Lipinski definition) is 2. The molecule has 2 aliphatic carbocycles. The van der Waals surface area contributed by atoms with Gasteiger partial charge in [0.1, 0.15) is 23.3 Å². The van der Waals surface area contributed by atoms with Gasteiger partial charge in [-0.3, -0.25) is 4.79 Å². The van der Waals surface area contributed by atoms with Crippen LogP contribution in [0.5, 0.6) is 23.5 Å². The average molecular weight is 807 g/mol. The third-order valence-corrected chi connectivity index (χ3v) is 11.5. The summed E-state index contributed by atoms with van der Waals surface area (Å²) in [5.74, 6) is 0.726. The van der Waals surface area contributed by atoms with E-state index in [1.54, 1.807) is 14.2 Å². The maximum atomic E-state index is 11.7. The van der Waals surface area contributed by atoms with Gasteiger partial charge in [0, 0.05) is 23.7 Å². The topological polar surface area (TPSA) is 146 Å². The van der Waals surface area contributed by atoms with E-state index >= 15 is 0 Å². The number of benzene rings is 2. The molecule has 56 heavy (non-hydrogen) atoms. The van der Waals surface area contributed by atoms with E-state index in [1.165, 1.54) is 25.7 Å². The predicted octanol–water partition coefficient (Wildman–Crippen LogP) is 9.12. The molecule has 2 N–H and O–H groups in total. The van der Waals surface area contributed by atoms with Crippen molar-refractivity contribution in [2.24, 2.45) is 11.8 Å². The fourth-order valence-corrected chi connectivity index (χ4v) is 8.29. The molecule has 2 heterocycles. The number of halogens is 2. The van der Waals surface area contributed by atoms with Crippen LogP contribution in [0.3, 0.4) is 0 Å². The van der Waals surface area contributed by atoms with Crippen molar-refractivity contribution in [1.29, 1.82) is 0 Å². The summed E-state index contributed by atoms with van der Waals surface area (Å²) in [7, 11) is 3.19. The number of carboxylic acid groups (broad SMARTS) is 1. The number of nitrogens with one attached hydrogen (secondary N) is 1. The Bertz CT molecular complexity index is 2010. The summed E-state index contributed by atoms with van der Waals surface area (Å²) in [6, 6.07) is 16.6. The minimum atomic E-state index is -0.709. The van der Waals surface area contributed by atoms with Gasteiger partial charge in [0.2, 0.25) is 23.5 Å². The molecule has 2 aromatic heterocycles. The number of aromatic nitrogens is 2. The lowest BCUT2D eigenvalue weighted by Crippen LogP contribution is -2.25. The fourth-order valence-electron chi connectivity index (χ4n) is 7.84. The highest BCUT2D eigenvalue weighted by molar-refractivity contribution is 6.32. The molecular formula is C43H49Cl2N3O8. The Morgan fingerprint density at radius 3 is 1.80 bits per heavy atom. The van der Waals surface area contributed by atoms with Crippen molar-refractivity contribution in [1.82, 2.24) is 15.3 Å². The van der Waals surface area contributed by atoms with Gasteiger partial charge in [-0.05, 0) is 104 Å². The maximum absolute atomic E-state index is 11.7. The summed E-state index contributed by atoms with van der Waals surface area (Å²) in [4.78, 5) is 37.1. The lowest BCUT2D eigenvalue weighted by molar-refractivity contribution is -0.191. The lowest BCUT2D eigenvalue weighted by atomic mass is 9.90. The molecule has 0 amide bonds. The predicted molar refractivity (Wildman–Crippen MR) is 213 cm³/mol. The third-order valence-electron chi connectivity index (χ3n) is 11.0. The summed E-state index contributed by atoms with van der Waals surface area (Å²) in [6.07, 6.45) is 9.15. The minimum absolute atomic E-state index is 0.143. The number of hydrogen-bond acceptors (Lipinski definition) is 10. The van der Waals surface area contributed by atoms with E-state index < -0.39 is 5.97 Å². The second-order valence-electron chi connectivity index (χ2n) is 14.3. The number of nitrogens with zero attached hydrogens (tertiary/aromatic N) is 2. The van der Waals surface area contributed by atoms with Crippen molar-refractivity contribution in [3.63, 3.8) is 0 Å².